The number of nitrogens with zero attached hydrogens (tertiary/aromatic N) is 2. The average molecular weight is 291 g/mol. The fourth-order valence-corrected chi connectivity index (χ4v) is 3.75. The molecule has 0 aliphatic carbocycles. The van der Waals surface area contributed by atoms with Gasteiger partial charge in [-0.05, 0) is 12.5 Å². The van der Waals surface area contributed by atoms with Gasteiger partial charge in [-0.1, -0.05) is 23.7 Å². The molecule has 1 saturated heterocycles. The van der Waals surface area contributed by atoms with Crippen molar-refractivity contribution in [2.24, 2.45) is 5.92 Å². The van der Waals surface area contributed by atoms with E-state index in [4.69, 9.17) is 16.3 Å². The Morgan fingerprint density at radius 2 is 2.30 bits per heavy atom. The maximum atomic E-state index is 10.3. The van der Waals surface area contributed by atoms with Crippen LogP contribution in [0.15, 0.2) is 30.7 Å². The van der Waals surface area contributed by atoms with Crippen molar-refractivity contribution in [1.82, 2.24) is 9.55 Å². The van der Waals surface area contributed by atoms with Crippen LogP contribution in [0.2, 0.25) is 5.02 Å². The lowest BCUT2D eigenvalue weighted by Crippen LogP contribution is -2.37. The van der Waals surface area contributed by atoms with Gasteiger partial charge >= 0.3 is 0 Å². The summed E-state index contributed by atoms with van der Waals surface area (Å²) in [6, 6.07) is 6.00. The van der Waals surface area contributed by atoms with E-state index in [0.717, 1.165) is 28.3 Å². The van der Waals surface area contributed by atoms with E-state index in [2.05, 4.69) is 15.6 Å². The van der Waals surface area contributed by atoms with E-state index in [0.29, 0.717) is 13.2 Å². The van der Waals surface area contributed by atoms with Gasteiger partial charge < -0.3 is 14.4 Å². The number of aromatic nitrogens is 2. The summed E-state index contributed by atoms with van der Waals surface area (Å²) in [6.45, 7) is 1.08. The number of benzene rings is 1. The van der Waals surface area contributed by atoms with Crippen molar-refractivity contribution in [2.45, 2.75) is 18.6 Å². The lowest BCUT2D eigenvalue weighted by Gasteiger charge is -2.33. The van der Waals surface area contributed by atoms with Crippen LogP contribution < -0.4 is 0 Å². The molecule has 1 aromatic carbocycles. The fourth-order valence-electron chi connectivity index (χ4n) is 3.46. The molecular formula is C15H15ClN2O2. The second-order valence-corrected chi connectivity index (χ2v) is 5.83. The molecule has 1 N–H and O–H groups in total. The molecule has 1 fully saturated rings. The third-order valence-corrected chi connectivity index (χ3v) is 4.70. The summed E-state index contributed by atoms with van der Waals surface area (Å²) in [6.07, 6.45) is 4.05. The quantitative estimate of drug-likeness (QED) is 0.878. The minimum Gasteiger partial charge on any atom is -0.390 e. The number of hydrogen-bond donors (Lipinski definition) is 1. The van der Waals surface area contributed by atoms with Gasteiger partial charge in [-0.3, -0.25) is 0 Å². The van der Waals surface area contributed by atoms with Gasteiger partial charge in [-0.15, -0.1) is 0 Å². The Labute approximate surface area is 122 Å². The highest BCUT2D eigenvalue weighted by Gasteiger charge is 2.40. The first-order valence-corrected chi connectivity index (χ1v) is 7.21. The molecule has 2 aliphatic rings. The van der Waals surface area contributed by atoms with E-state index >= 15 is 0 Å². The second kappa shape index (κ2) is 4.58. The topological polar surface area (TPSA) is 47.3 Å². The number of ether oxygens (including phenoxy) is 1. The van der Waals surface area contributed by atoms with Crippen LogP contribution in [0.25, 0.3) is 11.3 Å². The van der Waals surface area contributed by atoms with E-state index in [-0.39, 0.29) is 12.0 Å². The monoisotopic (exact) mass is 290 g/mol. The minimum atomic E-state index is -0.466. The summed E-state index contributed by atoms with van der Waals surface area (Å²) in [5.41, 5.74) is 3.31. The van der Waals surface area contributed by atoms with Crippen LogP contribution in [0.4, 0.5) is 0 Å². The molecule has 2 aliphatic heterocycles. The van der Waals surface area contributed by atoms with Gasteiger partial charge in [0.1, 0.15) is 0 Å². The highest BCUT2D eigenvalue weighted by atomic mass is 35.5. The van der Waals surface area contributed by atoms with Gasteiger partial charge in [0.2, 0.25) is 0 Å². The van der Waals surface area contributed by atoms with Crippen LogP contribution in [0.1, 0.15) is 18.0 Å². The largest absolute Gasteiger partial charge is 0.390 e. The molecule has 104 valence electrons. The number of halogens is 1. The van der Waals surface area contributed by atoms with Crippen molar-refractivity contribution in [1.29, 1.82) is 0 Å². The first kappa shape index (κ1) is 12.4. The van der Waals surface area contributed by atoms with Crippen LogP contribution in [0, 0.1) is 5.92 Å². The first-order valence-electron chi connectivity index (χ1n) is 6.84. The van der Waals surface area contributed by atoms with Gasteiger partial charge in [0.15, 0.2) is 0 Å². The SMILES string of the molecule is O[C@H]1COCC[C@@H]1[C@@H]1c2c(Cl)cccc2-c2cncn21. The molecule has 0 unspecified atom stereocenters. The van der Waals surface area contributed by atoms with Crippen molar-refractivity contribution in [3.8, 4) is 11.3 Å². The van der Waals surface area contributed by atoms with Crippen LogP contribution in [0.5, 0.6) is 0 Å². The van der Waals surface area contributed by atoms with E-state index < -0.39 is 6.10 Å². The normalized spacial score (nSPS) is 28.2. The Bertz CT molecular complexity index is 655. The van der Waals surface area contributed by atoms with Crippen LogP contribution in [-0.4, -0.2) is 34.0 Å². The maximum Gasteiger partial charge on any atom is 0.0956 e. The Kier molecular flexibility index (Phi) is 2.84. The lowest BCUT2D eigenvalue weighted by molar-refractivity contribution is -0.0540. The molecule has 0 saturated carbocycles. The van der Waals surface area contributed by atoms with Crippen molar-refractivity contribution >= 4 is 11.6 Å². The van der Waals surface area contributed by atoms with E-state index in [1.54, 1.807) is 0 Å². The number of imidazole rings is 1. The summed E-state index contributed by atoms with van der Waals surface area (Å²) >= 11 is 6.43. The van der Waals surface area contributed by atoms with E-state index in [1.807, 2.05) is 24.7 Å². The maximum absolute atomic E-state index is 10.3. The summed E-state index contributed by atoms with van der Waals surface area (Å²) in [5.74, 6) is 0.109. The molecule has 0 radical (unpaired) electrons. The fraction of sp³-hybridized carbons (Fsp3) is 0.400. The molecule has 2 aromatic rings. The molecule has 3 atom stereocenters. The summed E-state index contributed by atoms with van der Waals surface area (Å²) in [4.78, 5) is 4.25. The molecule has 0 bridgehead atoms. The van der Waals surface area contributed by atoms with Gasteiger partial charge in [0.05, 0.1) is 37.0 Å². The number of aliphatic hydroxyl groups is 1. The van der Waals surface area contributed by atoms with Crippen LogP contribution in [0.3, 0.4) is 0 Å². The predicted molar refractivity (Wildman–Crippen MR) is 75.7 cm³/mol. The number of hydrogen-bond acceptors (Lipinski definition) is 3. The van der Waals surface area contributed by atoms with Crippen molar-refractivity contribution in [2.75, 3.05) is 13.2 Å². The van der Waals surface area contributed by atoms with Crippen molar-refractivity contribution in [3.63, 3.8) is 0 Å². The Morgan fingerprint density at radius 3 is 3.15 bits per heavy atom. The number of aliphatic hydroxyl groups excluding tert-OH is 1. The standard InChI is InChI=1S/C15H15ClN2O2/c16-11-3-1-2-9-12-6-17-8-18(12)15(14(9)11)10-4-5-20-7-13(10)19/h1-3,6,8,10,13,15,19H,4-5,7H2/t10-,13-,15+/m0/s1. The van der Waals surface area contributed by atoms with Crippen molar-refractivity contribution < 1.29 is 9.84 Å². The second-order valence-electron chi connectivity index (χ2n) is 5.43. The minimum absolute atomic E-state index is 0.0510. The lowest BCUT2D eigenvalue weighted by atomic mass is 9.85. The van der Waals surface area contributed by atoms with Crippen LogP contribution >= 0.6 is 11.6 Å². The summed E-state index contributed by atoms with van der Waals surface area (Å²) in [5, 5.41) is 11.1. The zero-order chi connectivity index (χ0) is 13.7. The van der Waals surface area contributed by atoms with Gasteiger partial charge in [0.25, 0.3) is 0 Å². The molecule has 4 rings (SSSR count). The number of fused-ring (bicyclic) bond motifs is 3. The molecule has 4 nitrogen and oxygen atoms in total. The van der Waals surface area contributed by atoms with Crippen molar-refractivity contribution in [3.05, 3.63) is 41.3 Å². The van der Waals surface area contributed by atoms with E-state index in [1.165, 1.54) is 0 Å². The third-order valence-electron chi connectivity index (χ3n) is 4.37. The molecular weight excluding hydrogens is 276 g/mol. The Morgan fingerprint density at radius 1 is 1.40 bits per heavy atom. The molecule has 1 aromatic heterocycles. The van der Waals surface area contributed by atoms with E-state index in [9.17, 15) is 5.11 Å². The summed E-state index contributed by atoms with van der Waals surface area (Å²) < 4.78 is 7.49. The predicted octanol–water partition coefficient (Wildman–Crippen LogP) is 2.50. The van der Waals surface area contributed by atoms with Gasteiger partial charge in [0, 0.05) is 28.7 Å². The first-order chi connectivity index (χ1) is 9.77. The molecule has 3 heterocycles. The average Bonchev–Trinajstić information content (AvgIpc) is 3.01. The molecule has 0 amide bonds. The van der Waals surface area contributed by atoms with Crippen LogP contribution in [-0.2, 0) is 4.74 Å². The Balaban J connectivity index is 1.88. The summed E-state index contributed by atoms with van der Waals surface area (Å²) in [7, 11) is 0. The zero-order valence-electron chi connectivity index (χ0n) is 10.9. The Hall–Kier alpha value is -1.36. The molecule has 20 heavy (non-hydrogen) atoms. The molecule has 5 heteroatoms. The molecule has 0 spiro atoms. The highest BCUT2D eigenvalue weighted by molar-refractivity contribution is 6.32. The third kappa shape index (κ3) is 1.65. The van der Waals surface area contributed by atoms with Gasteiger partial charge in [-0.25, -0.2) is 4.98 Å². The highest BCUT2D eigenvalue weighted by Crippen LogP contribution is 2.48. The zero-order valence-corrected chi connectivity index (χ0v) is 11.6. The smallest absolute Gasteiger partial charge is 0.0956 e. The number of rotatable bonds is 1. The van der Waals surface area contributed by atoms with Gasteiger partial charge in [-0.2, -0.15) is 0 Å².